The summed E-state index contributed by atoms with van der Waals surface area (Å²) in [5.74, 6) is 0.356. The summed E-state index contributed by atoms with van der Waals surface area (Å²) in [6, 6.07) is 10.1. The Morgan fingerprint density at radius 3 is 2.52 bits per heavy atom. The summed E-state index contributed by atoms with van der Waals surface area (Å²) in [5.41, 5.74) is 0.231. The van der Waals surface area contributed by atoms with Gasteiger partial charge in [0.2, 0.25) is 5.91 Å². The maximum Gasteiger partial charge on any atom is 0.238 e. The van der Waals surface area contributed by atoms with E-state index >= 15 is 0 Å². The van der Waals surface area contributed by atoms with Crippen LogP contribution in [0.25, 0.3) is 0 Å². The molecule has 1 aromatic carbocycles. The molecule has 1 N–H and O–H groups in total. The van der Waals surface area contributed by atoms with Crippen molar-refractivity contribution in [3.63, 3.8) is 0 Å². The summed E-state index contributed by atoms with van der Waals surface area (Å²) in [4.78, 5) is 16.4. The number of rotatable bonds is 5. The Labute approximate surface area is 134 Å². The minimum absolute atomic E-state index is 0.186. The van der Waals surface area contributed by atoms with Crippen molar-refractivity contribution < 1.29 is 13.6 Å². The van der Waals surface area contributed by atoms with Crippen LogP contribution in [0.2, 0.25) is 0 Å². The molecular formula is C17H20FN3O2. The Bertz CT molecular complexity index is 637. The van der Waals surface area contributed by atoms with E-state index in [2.05, 4.69) is 15.1 Å². The Balaban J connectivity index is 1.43. The molecule has 6 heteroatoms. The molecular weight excluding hydrogens is 297 g/mol. The second kappa shape index (κ2) is 7.39. The number of hydrogen-bond acceptors (Lipinski definition) is 4. The van der Waals surface area contributed by atoms with E-state index in [4.69, 9.17) is 4.42 Å². The van der Waals surface area contributed by atoms with E-state index in [1.165, 1.54) is 6.07 Å². The van der Waals surface area contributed by atoms with E-state index in [1.54, 1.807) is 24.5 Å². The van der Waals surface area contributed by atoms with Crippen LogP contribution >= 0.6 is 0 Å². The average Bonchev–Trinajstić information content (AvgIpc) is 3.04. The number of benzene rings is 1. The molecule has 5 nitrogen and oxygen atoms in total. The standard InChI is InChI=1S/C17H20FN3O2/c18-15-5-1-2-6-16(15)19-17(22)13-21-9-7-20(8-10-21)12-14-4-3-11-23-14/h1-6,11H,7-10,12-13H2,(H,19,22). The van der Waals surface area contributed by atoms with Crippen LogP contribution in [0.4, 0.5) is 10.1 Å². The van der Waals surface area contributed by atoms with E-state index in [9.17, 15) is 9.18 Å². The Morgan fingerprint density at radius 2 is 1.83 bits per heavy atom. The van der Waals surface area contributed by atoms with Crippen molar-refractivity contribution in [2.75, 3.05) is 38.0 Å². The summed E-state index contributed by atoms with van der Waals surface area (Å²) >= 11 is 0. The van der Waals surface area contributed by atoms with Crippen molar-refractivity contribution in [3.8, 4) is 0 Å². The number of halogens is 1. The van der Waals surface area contributed by atoms with E-state index in [0.29, 0.717) is 0 Å². The molecule has 1 aliphatic rings. The van der Waals surface area contributed by atoms with Crippen LogP contribution in [-0.4, -0.2) is 48.4 Å². The average molecular weight is 317 g/mol. The molecule has 1 fully saturated rings. The van der Waals surface area contributed by atoms with Gasteiger partial charge in [-0.3, -0.25) is 14.6 Å². The van der Waals surface area contributed by atoms with Crippen LogP contribution in [-0.2, 0) is 11.3 Å². The monoisotopic (exact) mass is 317 g/mol. The summed E-state index contributed by atoms with van der Waals surface area (Å²) in [7, 11) is 0. The number of para-hydroxylation sites is 1. The van der Waals surface area contributed by atoms with Gasteiger partial charge < -0.3 is 9.73 Å². The van der Waals surface area contributed by atoms with Crippen molar-refractivity contribution >= 4 is 11.6 Å². The third kappa shape index (κ3) is 4.40. The molecule has 2 aromatic rings. The van der Waals surface area contributed by atoms with Gasteiger partial charge in [0.05, 0.1) is 25.0 Å². The quantitative estimate of drug-likeness (QED) is 0.918. The third-order valence-corrected chi connectivity index (χ3v) is 3.94. The molecule has 0 spiro atoms. The number of hydrogen-bond donors (Lipinski definition) is 1. The van der Waals surface area contributed by atoms with Crippen LogP contribution in [0.3, 0.4) is 0 Å². The fraction of sp³-hybridized carbons (Fsp3) is 0.353. The van der Waals surface area contributed by atoms with E-state index in [1.807, 2.05) is 12.1 Å². The van der Waals surface area contributed by atoms with Gasteiger partial charge in [0.25, 0.3) is 0 Å². The zero-order valence-electron chi connectivity index (χ0n) is 12.9. The van der Waals surface area contributed by atoms with Gasteiger partial charge in [-0.05, 0) is 24.3 Å². The number of furan rings is 1. The lowest BCUT2D eigenvalue weighted by atomic mass is 10.2. The SMILES string of the molecule is O=C(CN1CCN(Cc2ccco2)CC1)Nc1ccccc1F. The molecule has 122 valence electrons. The third-order valence-electron chi connectivity index (χ3n) is 3.94. The molecule has 0 bridgehead atoms. The molecule has 23 heavy (non-hydrogen) atoms. The van der Waals surface area contributed by atoms with Gasteiger partial charge in [-0.25, -0.2) is 4.39 Å². The molecule has 1 saturated heterocycles. The zero-order valence-corrected chi connectivity index (χ0v) is 12.9. The first-order valence-corrected chi connectivity index (χ1v) is 7.72. The van der Waals surface area contributed by atoms with Crippen LogP contribution < -0.4 is 5.32 Å². The number of anilines is 1. The van der Waals surface area contributed by atoms with Crippen LogP contribution in [0.15, 0.2) is 47.1 Å². The van der Waals surface area contributed by atoms with Crippen LogP contribution in [0, 0.1) is 5.82 Å². The van der Waals surface area contributed by atoms with Crippen molar-refractivity contribution in [2.24, 2.45) is 0 Å². The largest absolute Gasteiger partial charge is 0.468 e. The maximum absolute atomic E-state index is 13.5. The Kier molecular flexibility index (Phi) is 5.05. The zero-order chi connectivity index (χ0) is 16.1. The number of piperazine rings is 1. The lowest BCUT2D eigenvalue weighted by molar-refractivity contribution is -0.117. The molecule has 0 radical (unpaired) electrons. The topological polar surface area (TPSA) is 48.7 Å². The van der Waals surface area contributed by atoms with E-state index in [0.717, 1.165) is 38.5 Å². The number of nitrogens with zero attached hydrogens (tertiary/aromatic N) is 2. The summed E-state index contributed by atoms with van der Waals surface area (Å²) in [6.45, 7) is 4.46. The highest BCUT2D eigenvalue weighted by atomic mass is 19.1. The van der Waals surface area contributed by atoms with Gasteiger partial charge in [0, 0.05) is 26.2 Å². The molecule has 1 amide bonds. The second-order valence-corrected chi connectivity index (χ2v) is 5.66. The highest BCUT2D eigenvalue weighted by molar-refractivity contribution is 5.92. The molecule has 0 aliphatic carbocycles. The first-order chi connectivity index (χ1) is 11.2. The number of amides is 1. The second-order valence-electron chi connectivity index (χ2n) is 5.66. The minimum Gasteiger partial charge on any atom is -0.468 e. The first kappa shape index (κ1) is 15.7. The van der Waals surface area contributed by atoms with Crippen molar-refractivity contribution in [1.29, 1.82) is 0 Å². The number of nitrogens with one attached hydrogen (secondary N) is 1. The first-order valence-electron chi connectivity index (χ1n) is 7.72. The summed E-state index contributed by atoms with van der Waals surface area (Å²) < 4.78 is 18.9. The Morgan fingerprint density at radius 1 is 1.09 bits per heavy atom. The van der Waals surface area contributed by atoms with Crippen LogP contribution in [0.5, 0.6) is 0 Å². The van der Waals surface area contributed by atoms with Gasteiger partial charge >= 0.3 is 0 Å². The fourth-order valence-corrected chi connectivity index (χ4v) is 2.68. The van der Waals surface area contributed by atoms with Crippen molar-refractivity contribution in [1.82, 2.24) is 9.80 Å². The van der Waals surface area contributed by atoms with Gasteiger partial charge in [-0.15, -0.1) is 0 Å². The molecule has 0 saturated carbocycles. The molecule has 3 rings (SSSR count). The van der Waals surface area contributed by atoms with Crippen LogP contribution in [0.1, 0.15) is 5.76 Å². The van der Waals surface area contributed by atoms with E-state index in [-0.39, 0.29) is 18.1 Å². The lowest BCUT2D eigenvalue weighted by Gasteiger charge is -2.33. The molecule has 2 heterocycles. The Hall–Kier alpha value is -2.18. The van der Waals surface area contributed by atoms with Gasteiger partial charge in [-0.2, -0.15) is 0 Å². The predicted molar refractivity (Wildman–Crippen MR) is 85.5 cm³/mol. The maximum atomic E-state index is 13.5. The predicted octanol–water partition coefficient (Wildman–Crippen LogP) is 2.17. The summed E-state index contributed by atoms with van der Waals surface area (Å²) in [6.07, 6.45) is 1.68. The molecule has 1 aromatic heterocycles. The van der Waals surface area contributed by atoms with Crippen molar-refractivity contribution in [2.45, 2.75) is 6.54 Å². The number of carbonyl (C=O) groups excluding carboxylic acids is 1. The van der Waals surface area contributed by atoms with Gasteiger partial charge in [0.1, 0.15) is 11.6 Å². The van der Waals surface area contributed by atoms with Gasteiger partial charge in [0.15, 0.2) is 0 Å². The lowest BCUT2D eigenvalue weighted by Crippen LogP contribution is -2.48. The highest BCUT2D eigenvalue weighted by Gasteiger charge is 2.20. The van der Waals surface area contributed by atoms with Crippen molar-refractivity contribution in [3.05, 3.63) is 54.2 Å². The minimum atomic E-state index is -0.413. The molecule has 0 atom stereocenters. The fourth-order valence-electron chi connectivity index (χ4n) is 2.68. The molecule has 0 unspecified atom stereocenters. The van der Waals surface area contributed by atoms with E-state index < -0.39 is 5.82 Å². The summed E-state index contributed by atoms with van der Waals surface area (Å²) in [5, 5.41) is 2.62. The normalized spacial score (nSPS) is 16.4. The highest BCUT2D eigenvalue weighted by Crippen LogP contribution is 2.13. The smallest absolute Gasteiger partial charge is 0.238 e. The van der Waals surface area contributed by atoms with Gasteiger partial charge in [-0.1, -0.05) is 12.1 Å². The molecule has 1 aliphatic heterocycles. The number of carbonyl (C=O) groups is 1.